The second kappa shape index (κ2) is 7.64. The Kier molecular flexibility index (Phi) is 5.09. The van der Waals surface area contributed by atoms with Gasteiger partial charge in [-0.15, -0.1) is 5.10 Å². The van der Waals surface area contributed by atoms with Crippen molar-refractivity contribution in [1.82, 2.24) is 14.6 Å². The summed E-state index contributed by atoms with van der Waals surface area (Å²) < 4.78 is 1.70. The van der Waals surface area contributed by atoms with Gasteiger partial charge in [-0.25, -0.2) is 9.50 Å². The van der Waals surface area contributed by atoms with Crippen LogP contribution in [0, 0.1) is 5.92 Å². The molecule has 0 radical (unpaired) electrons. The van der Waals surface area contributed by atoms with Crippen LogP contribution in [0.1, 0.15) is 74.6 Å². The maximum atomic E-state index is 12.3. The van der Waals surface area contributed by atoms with Crippen molar-refractivity contribution in [2.24, 2.45) is 11.7 Å². The van der Waals surface area contributed by atoms with Crippen LogP contribution in [0.4, 0.5) is 5.82 Å². The first-order valence-electron chi connectivity index (χ1n) is 10.1. The average molecular weight is 355 g/mol. The Balaban J connectivity index is 1.73. The first-order valence-corrected chi connectivity index (χ1v) is 10.1. The van der Waals surface area contributed by atoms with Crippen molar-refractivity contribution in [2.75, 3.05) is 11.4 Å². The summed E-state index contributed by atoms with van der Waals surface area (Å²) in [6, 6.07) is 2.29. The van der Waals surface area contributed by atoms with Crippen LogP contribution >= 0.6 is 0 Å². The van der Waals surface area contributed by atoms with Gasteiger partial charge in [0.15, 0.2) is 11.5 Å². The Morgan fingerprint density at radius 1 is 1.12 bits per heavy atom. The first kappa shape index (κ1) is 17.3. The Morgan fingerprint density at radius 3 is 2.50 bits per heavy atom. The summed E-state index contributed by atoms with van der Waals surface area (Å²) in [6.45, 7) is 0.981. The molecule has 2 heterocycles. The fourth-order valence-electron chi connectivity index (χ4n) is 4.75. The normalized spacial score (nSPS) is 19.7. The van der Waals surface area contributed by atoms with Crippen molar-refractivity contribution in [1.29, 1.82) is 0 Å². The molecule has 6 heteroatoms. The average Bonchev–Trinajstić information content (AvgIpc) is 3.07. The highest BCUT2D eigenvalue weighted by Gasteiger charge is 2.31. The monoisotopic (exact) mass is 355 g/mol. The second-order valence-corrected chi connectivity index (χ2v) is 7.90. The molecule has 2 aliphatic carbocycles. The lowest BCUT2D eigenvalue weighted by atomic mass is 9.87. The zero-order valence-electron chi connectivity index (χ0n) is 15.4. The minimum atomic E-state index is -0.432. The molecule has 0 aromatic carbocycles. The van der Waals surface area contributed by atoms with E-state index in [1.165, 1.54) is 64.2 Å². The molecule has 26 heavy (non-hydrogen) atoms. The summed E-state index contributed by atoms with van der Waals surface area (Å²) in [5.41, 5.74) is 6.81. The number of nitrogens with zero attached hydrogens (tertiary/aromatic N) is 4. The van der Waals surface area contributed by atoms with Gasteiger partial charge in [0.1, 0.15) is 5.56 Å². The fourth-order valence-corrected chi connectivity index (χ4v) is 4.75. The van der Waals surface area contributed by atoms with E-state index < -0.39 is 5.91 Å². The number of hydrogen-bond acceptors (Lipinski definition) is 4. The molecular formula is C20H29N5O. The summed E-state index contributed by atoms with van der Waals surface area (Å²) in [7, 11) is 0. The van der Waals surface area contributed by atoms with Gasteiger partial charge in [-0.3, -0.25) is 4.79 Å². The van der Waals surface area contributed by atoms with Crippen LogP contribution < -0.4 is 10.6 Å². The van der Waals surface area contributed by atoms with E-state index in [-0.39, 0.29) is 0 Å². The summed E-state index contributed by atoms with van der Waals surface area (Å²) in [6.07, 6.45) is 16.2. The third-order valence-electron chi connectivity index (χ3n) is 6.09. The van der Waals surface area contributed by atoms with E-state index in [9.17, 15) is 4.79 Å². The molecule has 2 aliphatic rings. The molecule has 140 valence electrons. The van der Waals surface area contributed by atoms with Gasteiger partial charge >= 0.3 is 0 Å². The van der Waals surface area contributed by atoms with Crippen molar-refractivity contribution >= 4 is 17.4 Å². The molecule has 2 fully saturated rings. The van der Waals surface area contributed by atoms with Gasteiger partial charge in [0, 0.05) is 25.0 Å². The van der Waals surface area contributed by atoms with Crippen LogP contribution in [0.25, 0.3) is 5.65 Å². The van der Waals surface area contributed by atoms with Gasteiger partial charge in [-0.05, 0) is 37.7 Å². The van der Waals surface area contributed by atoms with Crippen LogP contribution in [0.5, 0.6) is 0 Å². The highest BCUT2D eigenvalue weighted by atomic mass is 16.1. The van der Waals surface area contributed by atoms with Crippen LogP contribution in [0.2, 0.25) is 0 Å². The number of carbonyl (C=O) groups is 1. The molecule has 1 amide bonds. The van der Waals surface area contributed by atoms with Gasteiger partial charge in [0.25, 0.3) is 5.91 Å². The van der Waals surface area contributed by atoms with Crippen molar-refractivity contribution in [3.05, 3.63) is 24.0 Å². The lowest BCUT2D eigenvalue weighted by Crippen LogP contribution is -2.42. The summed E-state index contributed by atoms with van der Waals surface area (Å²) in [5.74, 6) is 0.996. The molecule has 2 aromatic heterocycles. The maximum Gasteiger partial charge on any atom is 0.256 e. The van der Waals surface area contributed by atoms with E-state index in [1.54, 1.807) is 10.7 Å². The number of amides is 1. The minimum Gasteiger partial charge on any atom is -0.365 e. The summed E-state index contributed by atoms with van der Waals surface area (Å²) in [5, 5.41) is 4.75. The SMILES string of the molecule is NC(=O)c1c(N(CC2CCCCC2)C2CCCCC2)nn2cccnc12. The number of primary amides is 1. The predicted octanol–water partition coefficient (Wildman–Crippen LogP) is 3.55. The molecule has 6 nitrogen and oxygen atoms in total. The molecule has 0 atom stereocenters. The van der Waals surface area contributed by atoms with Crippen LogP contribution in [-0.4, -0.2) is 33.1 Å². The number of hydrogen-bond donors (Lipinski definition) is 1. The number of fused-ring (bicyclic) bond motifs is 1. The van der Waals surface area contributed by atoms with Gasteiger partial charge in [-0.1, -0.05) is 38.5 Å². The number of anilines is 1. The molecule has 0 spiro atoms. The van der Waals surface area contributed by atoms with E-state index >= 15 is 0 Å². The lowest BCUT2D eigenvalue weighted by molar-refractivity contribution is 0.100. The molecule has 0 saturated heterocycles. The largest absolute Gasteiger partial charge is 0.365 e. The molecule has 0 bridgehead atoms. The van der Waals surface area contributed by atoms with Crippen molar-refractivity contribution in [2.45, 2.75) is 70.3 Å². The molecular weight excluding hydrogens is 326 g/mol. The van der Waals surface area contributed by atoms with Crippen molar-refractivity contribution < 1.29 is 4.79 Å². The number of nitrogens with two attached hydrogens (primary N) is 1. The third kappa shape index (κ3) is 3.41. The Morgan fingerprint density at radius 2 is 1.81 bits per heavy atom. The number of carbonyl (C=O) groups excluding carboxylic acids is 1. The molecule has 2 aromatic rings. The predicted molar refractivity (Wildman–Crippen MR) is 102 cm³/mol. The molecule has 0 aliphatic heterocycles. The smallest absolute Gasteiger partial charge is 0.256 e. The minimum absolute atomic E-state index is 0.432. The van der Waals surface area contributed by atoms with Gasteiger partial charge in [-0.2, -0.15) is 0 Å². The van der Waals surface area contributed by atoms with Crippen molar-refractivity contribution in [3.8, 4) is 0 Å². The third-order valence-corrected chi connectivity index (χ3v) is 6.09. The zero-order chi connectivity index (χ0) is 17.9. The molecule has 4 rings (SSSR count). The van der Waals surface area contributed by atoms with E-state index in [1.807, 2.05) is 12.3 Å². The highest BCUT2D eigenvalue weighted by Crippen LogP contribution is 2.33. The van der Waals surface area contributed by atoms with Gasteiger partial charge in [0.05, 0.1) is 0 Å². The number of rotatable bonds is 5. The van der Waals surface area contributed by atoms with Crippen LogP contribution in [-0.2, 0) is 0 Å². The Hall–Kier alpha value is -2.11. The molecule has 2 N–H and O–H groups in total. The molecule has 0 unspecified atom stereocenters. The van der Waals surface area contributed by atoms with Gasteiger partial charge < -0.3 is 10.6 Å². The fraction of sp³-hybridized carbons (Fsp3) is 0.650. The van der Waals surface area contributed by atoms with E-state index in [4.69, 9.17) is 10.8 Å². The van der Waals surface area contributed by atoms with E-state index in [0.29, 0.717) is 23.2 Å². The Labute approximate surface area is 154 Å². The Bertz CT molecular complexity index is 759. The summed E-state index contributed by atoms with van der Waals surface area (Å²) >= 11 is 0. The van der Waals surface area contributed by atoms with E-state index in [2.05, 4.69) is 9.88 Å². The lowest BCUT2D eigenvalue weighted by Gasteiger charge is -2.38. The second-order valence-electron chi connectivity index (χ2n) is 7.90. The summed E-state index contributed by atoms with van der Waals surface area (Å²) in [4.78, 5) is 19.1. The maximum absolute atomic E-state index is 12.3. The molecule has 2 saturated carbocycles. The quantitative estimate of drug-likeness (QED) is 0.890. The topological polar surface area (TPSA) is 76.5 Å². The zero-order valence-corrected chi connectivity index (χ0v) is 15.4. The highest BCUT2D eigenvalue weighted by molar-refractivity contribution is 6.03. The van der Waals surface area contributed by atoms with Gasteiger partial charge in [0.2, 0.25) is 0 Å². The van der Waals surface area contributed by atoms with Crippen LogP contribution in [0.15, 0.2) is 18.5 Å². The van der Waals surface area contributed by atoms with Crippen molar-refractivity contribution in [3.63, 3.8) is 0 Å². The van der Waals surface area contributed by atoms with Crippen LogP contribution in [0.3, 0.4) is 0 Å². The standard InChI is InChI=1S/C20H29N5O/c21-18(26)17-19-22-12-7-13-25(19)23-20(17)24(16-10-5-2-6-11-16)14-15-8-3-1-4-9-15/h7,12-13,15-16H,1-6,8-11,14H2,(H2,21,26). The van der Waals surface area contributed by atoms with E-state index in [0.717, 1.165) is 12.4 Å². The first-order chi connectivity index (χ1) is 12.7. The number of aromatic nitrogens is 3.